The Balaban J connectivity index is 2.06. The van der Waals surface area contributed by atoms with E-state index in [4.69, 9.17) is 5.11 Å². The SMILES string of the molecule is O=C(O)C1CCCC1C(=O)N1CCCCC1CCO. The summed E-state index contributed by atoms with van der Waals surface area (Å²) < 4.78 is 0. The van der Waals surface area contributed by atoms with E-state index in [9.17, 15) is 14.7 Å². The summed E-state index contributed by atoms with van der Waals surface area (Å²) >= 11 is 0. The van der Waals surface area contributed by atoms with Gasteiger partial charge in [0.05, 0.1) is 11.8 Å². The molecule has 1 amide bonds. The van der Waals surface area contributed by atoms with Gasteiger partial charge in [-0.05, 0) is 38.5 Å². The van der Waals surface area contributed by atoms with Gasteiger partial charge < -0.3 is 15.1 Å². The number of hydrogen-bond donors (Lipinski definition) is 2. The molecule has 108 valence electrons. The normalized spacial score (nSPS) is 31.4. The van der Waals surface area contributed by atoms with Gasteiger partial charge in [-0.1, -0.05) is 6.42 Å². The van der Waals surface area contributed by atoms with Crippen molar-refractivity contribution in [1.82, 2.24) is 4.90 Å². The van der Waals surface area contributed by atoms with Crippen molar-refractivity contribution in [3.8, 4) is 0 Å². The van der Waals surface area contributed by atoms with Crippen molar-refractivity contribution < 1.29 is 19.8 Å². The van der Waals surface area contributed by atoms with Crippen LogP contribution in [-0.4, -0.2) is 46.2 Å². The summed E-state index contributed by atoms with van der Waals surface area (Å²) in [5.41, 5.74) is 0. The molecule has 0 radical (unpaired) electrons. The molecule has 0 aromatic rings. The molecule has 2 N–H and O–H groups in total. The maximum absolute atomic E-state index is 12.6. The van der Waals surface area contributed by atoms with Crippen LogP contribution in [0.5, 0.6) is 0 Å². The lowest BCUT2D eigenvalue weighted by atomic mass is 9.91. The van der Waals surface area contributed by atoms with Crippen molar-refractivity contribution in [3.63, 3.8) is 0 Å². The van der Waals surface area contributed by atoms with Gasteiger partial charge in [-0.2, -0.15) is 0 Å². The summed E-state index contributed by atoms with van der Waals surface area (Å²) in [4.78, 5) is 25.6. The highest BCUT2D eigenvalue weighted by atomic mass is 16.4. The molecule has 0 aromatic carbocycles. The number of carboxylic acid groups (broad SMARTS) is 1. The maximum atomic E-state index is 12.6. The third-order valence-electron chi connectivity index (χ3n) is 4.52. The molecule has 1 saturated carbocycles. The third-order valence-corrected chi connectivity index (χ3v) is 4.52. The highest BCUT2D eigenvalue weighted by molar-refractivity contribution is 5.85. The van der Waals surface area contributed by atoms with Gasteiger partial charge >= 0.3 is 5.97 Å². The van der Waals surface area contributed by atoms with E-state index < -0.39 is 11.9 Å². The predicted molar refractivity (Wildman–Crippen MR) is 69.5 cm³/mol. The number of aliphatic hydroxyl groups is 1. The van der Waals surface area contributed by atoms with E-state index in [1.165, 1.54) is 0 Å². The Morgan fingerprint density at radius 1 is 1.05 bits per heavy atom. The second-order valence-corrected chi connectivity index (χ2v) is 5.68. The van der Waals surface area contributed by atoms with E-state index in [1.54, 1.807) is 0 Å². The van der Waals surface area contributed by atoms with Gasteiger partial charge in [0.15, 0.2) is 0 Å². The molecule has 1 saturated heterocycles. The molecule has 1 aliphatic heterocycles. The van der Waals surface area contributed by atoms with E-state index in [2.05, 4.69) is 0 Å². The number of aliphatic carboxylic acids is 1. The molecule has 2 aliphatic rings. The standard InChI is InChI=1S/C14H23NO4/c16-9-7-10-4-1-2-8-15(10)13(17)11-5-3-6-12(11)14(18)19/h10-12,16H,1-9H2,(H,18,19). The molecule has 0 aromatic heterocycles. The zero-order valence-corrected chi connectivity index (χ0v) is 11.3. The zero-order chi connectivity index (χ0) is 13.8. The summed E-state index contributed by atoms with van der Waals surface area (Å²) in [6.07, 6.45) is 5.74. The number of aliphatic hydroxyl groups excluding tert-OH is 1. The van der Waals surface area contributed by atoms with Crippen LogP contribution < -0.4 is 0 Å². The molecule has 0 spiro atoms. The monoisotopic (exact) mass is 269 g/mol. The van der Waals surface area contributed by atoms with Crippen LogP contribution in [0.15, 0.2) is 0 Å². The van der Waals surface area contributed by atoms with E-state index in [0.717, 1.165) is 25.7 Å². The number of hydrogen-bond acceptors (Lipinski definition) is 3. The molecule has 2 fully saturated rings. The fourth-order valence-electron chi connectivity index (χ4n) is 3.50. The lowest BCUT2D eigenvalue weighted by Gasteiger charge is -2.37. The lowest BCUT2D eigenvalue weighted by Crippen LogP contribution is -2.48. The van der Waals surface area contributed by atoms with Crippen LogP contribution in [0.3, 0.4) is 0 Å². The van der Waals surface area contributed by atoms with Crippen LogP contribution in [-0.2, 0) is 9.59 Å². The lowest BCUT2D eigenvalue weighted by molar-refractivity contribution is -0.150. The third kappa shape index (κ3) is 3.08. The molecule has 19 heavy (non-hydrogen) atoms. The predicted octanol–water partition coefficient (Wildman–Crippen LogP) is 1.25. The first kappa shape index (κ1) is 14.3. The molecule has 5 heteroatoms. The van der Waals surface area contributed by atoms with E-state index in [0.29, 0.717) is 25.8 Å². The molecule has 3 atom stereocenters. The van der Waals surface area contributed by atoms with Gasteiger partial charge in [0, 0.05) is 19.2 Å². The minimum absolute atomic E-state index is 0.00282. The highest BCUT2D eigenvalue weighted by Gasteiger charge is 2.41. The van der Waals surface area contributed by atoms with Crippen molar-refractivity contribution in [2.75, 3.05) is 13.2 Å². The van der Waals surface area contributed by atoms with Gasteiger partial charge in [0.2, 0.25) is 5.91 Å². The van der Waals surface area contributed by atoms with Gasteiger partial charge in [-0.15, -0.1) is 0 Å². The average molecular weight is 269 g/mol. The quantitative estimate of drug-likeness (QED) is 0.805. The number of amides is 1. The Bertz CT molecular complexity index is 342. The minimum atomic E-state index is -0.841. The van der Waals surface area contributed by atoms with Crippen molar-refractivity contribution in [1.29, 1.82) is 0 Å². The number of carboxylic acids is 1. The van der Waals surface area contributed by atoms with Crippen LogP contribution in [0.25, 0.3) is 0 Å². The van der Waals surface area contributed by atoms with Gasteiger partial charge in [-0.25, -0.2) is 0 Å². The van der Waals surface area contributed by atoms with Crippen LogP contribution in [0.1, 0.15) is 44.9 Å². The van der Waals surface area contributed by atoms with Crippen molar-refractivity contribution in [2.45, 2.75) is 51.0 Å². The Morgan fingerprint density at radius 2 is 1.79 bits per heavy atom. The molecule has 2 rings (SSSR count). The minimum Gasteiger partial charge on any atom is -0.481 e. The van der Waals surface area contributed by atoms with Crippen molar-refractivity contribution in [2.24, 2.45) is 11.8 Å². The molecule has 1 aliphatic carbocycles. The van der Waals surface area contributed by atoms with Crippen LogP contribution in [0.2, 0.25) is 0 Å². The number of carbonyl (C=O) groups is 2. The van der Waals surface area contributed by atoms with Crippen molar-refractivity contribution in [3.05, 3.63) is 0 Å². The van der Waals surface area contributed by atoms with E-state index in [-0.39, 0.29) is 24.5 Å². The Labute approximate surface area is 113 Å². The molecular formula is C14H23NO4. The summed E-state index contributed by atoms with van der Waals surface area (Å²) in [6.45, 7) is 0.799. The number of nitrogens with zero attached hydrogens (tertiary/aromatic N) is 1. The fraction of sp³-hybridized carbons (Fsp3) is 0.857. The summed E-state index contributed by atoms with van der Waals surface area (Å²) in [7, 11) is 0. The van der Waals surface area contributed by atoms with Crippen LogP contribution in [0.4, 0.5) is 0 Å². The molecule has 0 bridgehead atoms. The van der Waals surface area contributed by atoms with Gasteiger partial charge in [0.1, 0.15) is 0 Å². The summed E-state index contributed by atoms with van der Waals surface area (Å²) in [6, 6.07) is 0.0984. The maximum Gasteiger partial charge on any atom is 0.307 e. The first-order chi connectivity index (χ1) is 9.15. The second kappa shape index (κ2) is 6.37. The van der Waals surface area contributed by atoms with E-state index >= 15 is 0 Å². The largest absolute Gasteiger partial charge is 0.481 e. The average Bonchev–Trinajstić information content (AvgIpc) is 2.88. The van der Waals surface area contributed by atoms with Gasteiger partial charge in [0.25, 0.3) is 0 Å². The van der Waals surface area contributed by atoms with E-state index in [1.807, 2.05) is 4.90 Å². The van der Waals surface area contributed by atoms with Gasteiger partial charge in [-0.3, -0.25) is 9.59 Å². The fourth-order valence-corrected chi connectivity index (χ4v) is 3.50. The van der Waals surface area contributed by atoms with Crippen LogP contribution >= 0.6 is 0 Å². The first-order valence-electron chi connectivity index (χ1n) is 7.29. The van der Waals surface area contributed by atoms with Crippen LogP contribution in [0, 0.1) is 11.8 Å². The molecule has 5 nitrogen and oxygen atoms in total. The smallest absolute Gasteiger partial charge is 0.307 e. The highest BCUT2D eigenvalue weighted by Crippen LogP contribution is 2.35. The Kier molecular flexibility index (Phi) is 4.80. The molecule has 1 heterocycles. The number of rotatable bonds is 4. The zero-order valence-electron chi connectivity index (χ0n) is 11.3. The Hall–Kier alpha value is -1.10. The number of piperidine rings is 1. The molecule has 3 unspecified atom stereocenters. The molecular weight excluding hydrogens is 246 g/mol. The topological polar surface area (TPSA) is 77.8 Å². The summed E-state index contributed by atoms with van der Waals surface area (Å²) in [5, 5.41) is 18.3. The number of likely N-dealkylation sites (tertiary alicyclic amines) is 1. The number of carbonyl (C=O) groups excluding carboxylic acids is 1. The summed E-state index contributed by atoms with van der Waals surface area (Å²) in [5.74, 6) is -1.70. The second-order valence-electron chi connectivity index (χ2n) is 5.68. The first-order valence-corrected chi connectivity index (χ1v) is 7.29. The Morgan fingerprint density at radius 3 is 2.47 bits per heavy atom. The van der Waals surface area contributed by atoms with Crippen molar-refractivity contribution >= 4 is 11.9 Å².